The number of carbonyl (C=O) groups excluding carboxylic acids is 2. The first-order valence-electron chi connectivity index (χ1n) is 6.82. The van der Waals surface area contributed by atoms with Crippen LogP contribution in [0.3, 0.4) is 0 Å². The fraction of sp³-hybridized carbons (Fsp3) is 0.467. The maximum atomic E-state index is 12.3. The number of rotatable bonds is 4. The molecule has 2 rings (SSSR count). The van der Waals surface area contributed by atoms with Crippen LogP contribution in [0.5, 0.6) is 0 Å². The lowest BCUT2D eigenvalue weighted by molar-refractivity contribution is -0.140. The number of benzene rings is 1. The third-order valence-electron chi connectivity index (χ3n) is 3.73. The van der Waals surface area contributed by atoms with Crippen LogP contribution in [0.25, 0.3) is 0 Å². The molecule has 0 aromatic heterocycles. The van der Waals surface area contributed by atoms with E-state index < -0.39 is 6.04 Å². The number of aryl methyl sites for hydroxylation is 1. The third-order valence-corrected chi connectivity index (χ3v) is 4.23. The summed E-state index contributed by atoms with van der Waals surface area (Å²) in [5.41, 5.74) is 1.94. The fourth-order valence-corrected chi connectivity index (χ4v) is 2.86. The van der Waals surface area contributed by atoms with Crippen molar-refractivity contribution in [3.63, 3.8) is 0 Å². The minimum absolute atomic E-state index is 0.0344. The van der Waals surface area contributed by atoms with Gasteiger partial charge in [-0.1, -0.05) is 22.9 Å². The second-order valence-corrected chi connectivity index (χ2v) is 6.14. The molecule has 5 heteroatoms. The average Bonchev–Trinajstić information content (AvgIpc) is 2.67. The van der Waals surface area contributed by atoms with Crippen LogP contribution in [0, 0.1) is 6.92 Å². The van der Waals surface area contributed by atoms with Crippen molar-refractivity contribution >= 4 is 33.4 Å². The standard InChI is InChI=1S/C15H19BrN2O2/c1-4-10(3)18-14(19)8-13(15(18)20)17-12-6-5-11(16)7-9(12)2/h5-7,10,13,17H,4,8H2,1-3H3. The second-order valence-electron chi connectivity index (χ2n) is 5.22. The first-order valence-corrected chi connectivity index (χ1v) is 7.62. The van der Waals surface area contributed by atoms with Crippen LogP contribution in [0.1, 0.15) is 32.3 Å². The Morgan fingerprint density at radius 3 is 2.75 bits per heavy atom. The van der Waals surface area contributed by atoms with Crippen molar-refractivity contribution < 1.29 is 9.59 Å². The zero-order chi connectivity index (χ0) is 14.9. The molecule has 1 aromatic rings. The van der Waals surface area contributed by atoms with Gasteiger partial charge in [0, 0.05) is 16.2 Å². The summed E-state index contributed by atoms with van der Waals surface area (Å²) in [5.74, 6) is -0.205. The largest absolute Gasteiger partial charge is 0.373 e. The number of carbonyl (C=O) groups is 2. The molecule has 0 aliphatic carbocycles. The van der Waals surface area contributed by atoms with E-state index in [2.05, 4.69) is 21.2 Å². The number of halogens is 1. The third kappa shape index (κ3) is 2.87. The minimum Gasteiger partial charge on any atom is -0.373 e. The maximum absolute atomic E-state index is 12.3. The molecule has 1 N–H and O–H groups in total. The number of likely N-dealkylation sites (tertiary alicyclic amines) is 1. The molecule has 1 aliphatic heterocycles. The molecule has 0 radical (unpaired) electrons. The summed E-state index contributed by atoms with van der Waals surface area (Å²) in [4.78, 5) is 25.7. The normalized spacial score (nSPS) is 20.4. The van der Waals surface area contributed by atoms with Crippen molar-refractivity contribution in [3.8, 4) is 0 Å². The van der Waals surface area contributed by atoms with Crippen molar-refractivity contribution in [3.05, 3.63) is 28.2 Å². The van der Waals surface area contributed by atoms with Gasteiger partial charge < -0.3 is 5.32 Å². The number of imide groups is 1. The molecule has 2 unspecified atom stereocenters. The van der Waals surface area contributed by atoms with Crippen LogP contribution < -0.4 is 5.32 Å². The van der Waals surface area contributed by atoms with Gasteiger partial charge in [0.15, 0.2) is 0 Å². The number of amides is 2. The van der Waals surface area contributed by atoms with Crippen LogP contribution in [0.4, 0.5) is 5.69 Å². The highest BCUT2D eigenvalue weighted by Crippen LogP contribution is 2.25. The van der Waals surface area contributed by atoms with Crippen LogP contribution in [-0.4, -0.2) is 28.8 Å². The monoisotopic (exact) mass is 338 g/mol. The first kappa shape index (κ1) is 15.0. The van der Waals surface area contributed by atoms with Crippen molar-refractivity contribution in [2.45, 2.75) is 45.7 Å². The van der Waals surface area contributed by atoms with Gasteiger partial charge in [-0.05, 0) is 44.0 Å². The summed E-state index contributed by atoms with van der Waals surface area (Å²) in [5, 5.41) is 3.19. The lowest BCUT2D eigenvalue weighted by Crippen LogP contribution is -2.40. The molecule has 0 bridgehead atoms. The summed E-state index contributed by atoms with van der Waals surface area (Å²) in [6, 6.07) is 5.34. The SMILES string of the molecule is CCC(C)N1C(=O)CC(Nc2ccc(Br)cc2C)C1=O. The lowest BCUT2D eigenvalue weighted by atomic mass is 10.1. The molecule has 20 heavy (non-hydrogen) atoms. The average molecular weight is 339 g/mol. The van der Waals surface area contributed by atoms with Gasteiger partial charge in [-0.3, -0.25) is 14.5 Å². The van der Waals surface area contributed by atoms with E-state index in [1.54, 1.807) is 0 Å². The molecular formula is C15H19BrN2O2. The van der Waals surface area contributed by atoms with Gasteiger partial charge in [0.05, 0.1) is 6.42 Å². The molecule has 2 atom stereocenters. The van der Waals surface area contributed by atoms with Gasteiger partial charge in [-0.25, -0.2) is 0 Å². The first-order chi connectivity index (χ1) is 9.43. The molecule has 1 aromatic carbocycles. The Kier molecular flexibility index (Phi) is 4.48. The van der Waals surface area contributed by atoms with Crippen molar-refractivity contribution in [2.24, 2.45) is 0 Å². The Labute approximate surface area is 127 Å². The van der Waals surface area contributed by atoms with Gasteiger partial charge in [0.1, 0.15) is 6.04 Å². The van der Waals surface area contributed by atoms with Crippen LogP contribution in [0.15, 0.2) is 22.7 Å². The van der Waals surface area contributed by atoms with Crippen LogP contribution in [0.2, 0.25) is 0 Å². The molecule has 1 fully saturated rings. The molecule has 0 spiro atoms. The molecule has 4 nitrogen and oxygen atoms in total. The molecule has 108 valence electrons. The van der Waals surface area contributed by atoms with Crippen LogP contribution >= 0.6 is 15.9 Å². The number of hydrogen-bond donors (Lipinski definition) is 1. The van der Waals surface area contributed by atoms with Gasteiger partial charge in [0.2, 0.25) is 5.91 Å². The number of nitrogens with one attached hydrogen (secondary N) is 1. The van der Waals surface area contributed by atoms with E-state index in [4.69, 9.17) is 0 Å². The van der Waals surface area contributed by atoms with E-state index in [1.165, 1.54) is 4.90 Å². The van der Waals surface area contributed by atoms with Crippen molar-refractivity contribution in [1.82, 2.24) is 4.90 Å². The Morgan fingerprint density at radius 1 is 1.45 bits per heavy atom. The maximum Gasteiger partial charge on any atom is 0.252 e. The Balaban J connectivity index is 2.15. The summed E-state index contributed by atoms with van der Waals surface area (Å²) < 4.78 is 0.996. The highest BCUT2D eigenvalue weighted by molar-refractivity contribution is 9.10. The predicted octanol–water partition coefficient (Wildman–Crippen LogP) is 3.10. The van der Waals surface area contributed by atoms with Crippen LogP contribution in [-0.2, 0) is 9.59 Å². The molecule has 1 heterocycles. The van der Waals surface area contributed by atoms with E-state index in [-0.39, 0.29) is 24.3 Å². The van der Waals surface area contributed by atoms with E-state index in [1.807, 2.05) is 39.0 Å². The van der Waals surface area contributed by atoms with Gasteiger partial charge in [0.25, 0.3) is 5.91 Å². The van der Waals surface area contributed by atoms with E-state index in [9.17, 15) is 9.59 Å². The molecule has 0 saturated carbocycles. The summed E-state index contributed by atoms with van der Waals surface area (Å²) in [6.45, 7) is 5.86. The number of anilines is 1. The van der Waals surface area contributed by atoms with E-state index in [0.717, 1.165) is 22.1 Å². The van der Waals surface area contributed by atoms with Crippen molar-refractivity contribution in [2.75, 3.05) is 5.32 Å². The summed E-state index contributed by atoms with van der Waals surface area (Å²) in [7, 11) is 0. The zero-order valence-corrected chi connectivity index (χ0v) is 13.5. The van der Waals surface area contributed by atoms with E-state index >= 15 is 0 Å². The molecule has 1 aliphatic rings. The molecule has 2 amide bonds. The Morgan fingerprint density at radius 2 is 2.15 bits per heavy atom. The van der Waals surface area contributed by atoms with E-state index in [0.29, 0.717) is 0 Å². The summed E-state index contributed by atoms with van der Waals surface area (Å²) >= 11 is 3.41. The number of hydrogen-bond acceptors (Lipinski definition) is 3. The smallest absolute Gasteiger partial charge is 0.252 e. The number of nitrogens with zero attached hydrogens (tertiary/aromatic N) is 1. The predicted molar refractivity (Wildman–Crippen MR) is 82.5 cm³/mol. The quantitative estimate of drug-likeness (QED) is 0.858. The Bertz CT molecular complexity index is 545. The second kappa shape index (κ2) is 5.95. The highest BCUT2D eigenvalue weighted by atomic mass is 79.9. The minimum atomic E-state index is -0.448. The summed E-state index contributed by atoms with van der Waals surface area (Å²) in [6.07, 6.45) is 1.01. The van der Waals surface area contributed by atoms with Crippen molar-refractivity contribution in [1.29, 1.82) is 0 Å². The molecule has 1 saturated heterocycles. The zero-order valence-electron chi connectivity index (χ0n) is 11.9. The van der Waals surface area contributed by atoms with Gasteiger partial charge >= 0.3 is 0 Å². The highest BCUT2D eigenvalue weighted by Gasteiger charge is 2.40. The topological polar surface area (TPSA) is 49.4 Å². The fourth-order valence-electron chi connectivity index (χ4n) is 2.39. The Hall–Kier alpha value is -1.36. The van der Waals surface area contributed by atoms with Gasteiger partial charge in [-0.15, -0.1) is 0 Å². The molecular weight excluding hydrogens is 320 g/mol. The van der Waals surface area contributed by atoms with Gasteiger partial charge in [-0.2, -0.15) is 0 Å². The lowest BCUT2D eigenvalue weighted by Gasteiger charge is -2.22.